The topological polar surface area (TPSA) is 71.3 Å². The van der Waals surface area contributed by atoms with Gasteiger partial charge in [0.2, 0.25) is 5.91 Å². The molecule has 4 rings (SSSR count). The maximum Gasteiger partial charge on any atom is 0.254 e. The van der Waals surface area contributed by atoms with Crippen molar-refractivity contribution < 1.29 is 9.59 Å². The Bertz CT molecular complexity index is 829. The number of amides is 2. The SMILES string of the molecule is CN(Cc1nnc2n1CCC2)C(=O)c1cccc(N2CCCC2=O)c1. The van der Waals surface area contributed by atoms with E-state index < -0.39 is 0 Å². The van der Waals surface area contributed by atoms with Crippen LogP contribution in [-0.4, -0.2) is 45.1 Å². The van der Waals surface area contributed by atoms with E-state index >= 15 is 0 Å². The number of carbonyl (C=O) groups excluding carboxylic acids is 2. The second kappa shape index (κ2) is 6.31. The van der Waals surface area contributed by atoms with Crippen LogP contribution in [0.3, 0.4) is 0 Å². The van der Waals surface area contributed by atoms with Crippen LogP contribution < -0.4 is 4.90 Å². The summed E-state index contributed by atoms with van der Waals surface area (Å²) in [5.74, 6) is 1.88. The fraction of sp³-hybridized carbons (Fsp3) is 0.444. The molecule has 1 saturated heterocycles. The van der Waals surface area contributed by atoms with Gasteiger partial charge in [-0.3, -0.25) is 9.59 Å². The van der Waals surface area contributed by atoms with Gasteiger partial charge in [0.1, 0.15) is 5.82 Å². The second-order valence-corrected chi connectivity index (χ2v) is 6.65. The predicted octanol–water partition coefficient (Wildman–Crippen LogP) is 1.62. The highest BCUT2D eigenvalue weighted by atomic mass is 16.2. The quantitative estimate of drug-likeness (QED) is 0.849. The molecule has 3 heterocycles. The van der Waals surface area contributed by atoms with Crippen molar-refractivity contribution in [3.63, 3.8) is 0 Å². The first-order valence-electron chi connectivity index (χ1n) is 8.70. The minimum Gasteiger partial charge on any atom is -0.334 e. The Balaban J connectivity index is 1.51. The molecule has 2 amide bonds. The summed E-state index contributed by atoms with van der Waals surface area (Å²) in [4.78, 5) is 28.1. The number of rotatable bonds is 4. The molecule has 0 aliphatic carbocycles. The third-order valence-corrected chi connectivity index (χ3v) is 4.89. The molecular weight excluding hydrogens is 318 g/mol. The van der Waals surface area contributed by atoms with Gasteiger partial charge in [-0.25, -0.2) is 0 Å². The lowest BCUT2D eigenvalue weighted by Crippen LogP contribution is -2.28. The number of hydrogen-bond donors (Lipinski definition) is 0. The largest absolute Gasteiger partial charge is 0.334 e. The number of nitrogens with zero attached hydrogens (tertiary/aromatic N) is 5. The first-order chi connectivity index (χ1) is 12.1. The Kier molecular flexibility index (Phi) is 3.99. The van der Waals surface area contributed by atoms with Crippen molar-refractivity contribution in [3.8, 4) is 0 Å². The zero-order valence-electron chi connectivity index (χ0n) is 14.3. The van der Waals surface area contributed by atoms with Crippen LogP contribution in [-0.2, 0) is 24.3 Å². The summed E-state index contributed by atoms with van der Waals surface area (Å²) in [5.41, 5.74) is 1.38. The van der Waals surface area contributed by atoms with Crippen LogP contribution in [0.1, 0.15) is 41.3 Å². The maximum absolute atomic E-state index is 12.8. The Labute approximate surface area is 146 Å². The molecule has 0 N–H and O–H groups in total. The lowest BCUT2D eigenvalue weighted by molar-refractivity contribution is -0.117. The molecule has 7 heteroatoms. The maximum atomic E-state index is 12.8. The molecule has 0 saturated carbocycles. The summed E-state index contributed by atoms with van der Waals surface area (Å²) < 4.78 is 2.10. The van der Waals surface area contributed by atoms with Gasteiger partial charge in [-0.2, -0.15) is 0 Å². The normalized spacial score (nSPS) is 16.4. The van der Waals surface area contributed by atoms with Crippen molar-refractivity contribution in [1.29, 1.82) is 0 Å². The van der Waals surface area contributed by atoms with Gasteiger partial charge in [-0.15, -0.1) is 10.2 Å². The molecular formula is C18H21N5O2. The highest BCUT2D eigenvalue weighted by molar-refractivity contribution is 5.98. The number of aromatic nitrogens is 3. The highest BCUT2D eigenvalue weighted by Crippen LogP contribution is 2.23. The summed E-state index contributed by atoms with van der Waals surface area (Å²) in [6, 6.07) is 7.30. The zero-order valence-corrected chi connectivity index (χ0v) is 14.3. The first kappa shape index (κ1) is 15.8. The van der Waals surface area contributed by atoms with Crippen molar-refractivity contribution in [2.24, 2.45) is 0 Å². The number of anilines is 1. The lowest BCUT2D eigenvalue weighted by atomic mass is 10.1. The van der Waals surface area contributed by atoms with E-state index in [1.807, 2.05) is 12.1 Å². The standard InChI is InChI=1S/C18H21N5O2/c1-21(12-16-20-19-15-7-3-10-23(15)16)18(25)13-5-2-6-14(11-13)22-9-4-8-17(22)24/h2,5-6,11H,3-4,7-10,12H2,1H3. The molecule has 0 spiro atoms. The summed E-state index contributed by atoms with van der Waals surface area (Å²) >= 11 is 0. The van der Waals surface area contributed by atoms with Crippen molar-refractivity contribution in [3.05, 3.63) is 41.5 Å². The van der Waals surface area contributed by atoms with E-state index in [2.05, 4.69) is 14.8 Å². The summed E-state index contributed by atoms with van der Waals surface area (Å²) in [6.07, 6.45) is 3.49. The Hall–Kier alpha value is -2.70. The number of hydrogen-bond acceptors (Lipinski definition) is 4. The Morgan fingerprint density at radius 1 is 1.20 bits per heavy atom. The average molecular weight is 339 g/mol. The van der Waals surface area contributed by atoms with Gasteiger partial charge < -0.3 is 14.4 Å². The van der Waals surface area contributed by atoms with Crippen molar-refractivity contribution >= 4 is 17.5 Å². The van der Waals surface area contributed by atoms with Gasteiger partial charge in [-0.1, -0.05) is 6.07 Å². The second-order valence-electron chi connectivity index (χ2n) is 6.65. The van der Waals surface area contributed by atoms with Crippen LogP contribution in [0.4, 0.5) is 5.69 Å². The van der Waals surface area contributed by atoms with Gasteiger partial charge in [0.15, 0.2) is 5.82 Å². The van der Waals surface area contributed by atoms with E-state index in [1.54, 1.807) is 29.0 Å². The van der Waals surface area contributed by atoms with Crippen molar-refractivity contribution in [2.75, 3.05) is 18.5 Å². The van der Waals surface area contributed by atoms with Crippen LogP contribution >= 0.6 is 0 Å². The molecule has 1 aromatic heterocycles. The van der Waals surface area contributed by atoms with Gasteiger partial charge in [-0.05, 0) is 31.0 Å². The molecule has 25 heavy (non-hydrogen) atoms. The fourth-order valence-electron chi connectivity index (χ4n) is 3.56. The molecule has 0 bridgehead atoms. The third kappa shape index (κ3) is 2.90. The number of benzene rings is 1. The molecule has 130 valence electrons. The van der Waals surface area contributed by atoms with Gasteiger partial charge >= 0.3 is 0 Å². The zero-order chi connectivity index (χ0) is 17.4. The number of carbonyl (C=O) groups is 2. The molecule has 0 unspecified atom stereocenters. The molecule has 2 aliphatic rings. The summed E-state index contributed by atoms with van der Waals surface area (Å²) in [5, 5.41) is 8.40. The van der Waals surface area contributed by atoms with Crippen molar-refractivity contribution in [2.45, 2.75) is 38.8 Å². The fourth-order valence-corrected chi connectivity index (χ4v) is 3.56. The smallest absolute Gasteiger partial charge is 0.254 e. The summed E-state index contributed by atoms with van der Waals surface area (Å²) in [7, 11) is 1.77. The van der Waals surface area contributed by atoms with Crippen LogP contribution in [0, 0.1) is 0 Å². The lowest BCUT2D eigenvalue weighted by Gasteiger charge is -2.19. The molecule has 2 aliphatic heterocycles. The van der Waals surface area contributed by atoms with E-state index in [0.29, 0.717) is 18.5 Å². The van der Waals surface area contributed by atoms with Gasteiger partial charge in [0.05, 0.1) is 6.54 Å². The predicted molar refractivity (Wildman–Crippen MR) is 92.2 cm³/mol. The van der Waals surface area contributed by atoms with E-state index in [0.717, 1.165) is 49.7 Å². The summed E-state index contributed by atoms with van der Waals surface area (Å²) in [6.45, 7) is 2.07. The molecule has 0 atom stereocenters. The number of aryl methyl sites for hydroxylation is 1. The minimum atomic E-state index is -0.0798. The van der Waals surface area contributed by atoms with Crippen LogP contribution in [0.2, 0.25) is 0 Å². The van der Waals surface area contributed by atoms with Crippen LogP contribution in [0.5, 0.6) is 0 Å². The third-order valence-electron chi connectivity index (χ3n) is 4.89. The molecule has 1 fully saturated rings. The van der Waals surface area contributed by atoms with Gasteiger partial charge in [0.25, 0.3) is 5.91 Å². The minimum absolute atomic E-state index is 0.0798. The van der Waals surface area contributed by atoms with Gasteiger partial charge in [0, 0.05) is 44.2 Å². The van der Waals surface area contributed by atoms with E-state index in [-0.39, 0.29) is 11.8 Å². The van der Waals surface area contributed by atoms with Crippen LogP contribution in [0.15, 0.2) is 24.3 Å². The van der Waals surface area contributed by atoms with E-state index in [4.69, 9.17) is 0 Å². The molecule has 2 aromatic rings. The molecule has 1 aromatic carbocycles. The molecule has 7 nitrogen and oxygen atoms in total. The average Bonchev–Trinajstić information content (AvgIpc) is 3.33. The Morgan fingerprint density at radius 3 is 2.84 bits per heavy atom. The van der Waals surface area contributed by atoms with Crippen LogP contribution in [0.25, 0.3) is 0 Å². The Morgan fingerprint density at radius 2 is 2.04 bits per heavy atom. The van der Waals surface area contributed by atoms with E-state index in [1.165, 1.54) is 0 Å². The van der Waals surface area contributed by atoms with E-state index in [9.17, 15) is 9.59 Å². The monoisotopic (exact) mass is 339 g/mol. The van der Waals surface area contributed by atoms with Crippen molar-refractivity contribution in [1.82, 2.24) is 19.7 Å². The number of fused-ring (bicyclic) bond motifs is 1. The first-order valence-corrected chi connectivity index (χ1v) is 8.70. The highest BCUT2D eigenvalue weighted by Gasteiger charge is 2.24. The molecule has 0 radical (unpaired) electrons.